The molecule has 1 N–H and O–H groups in total. The Morgan fingerprint density at radius 3 is 2.69 bits per heavy atom. The molecule has 26 heavy (non-hydrogen) atoms. The standard InChI is InChI=1S/C18H28N6OS/c1-13(11-24-7-5-22(3)6-8-24)9-19-17(25)16-14(2)21-18(26-16)15-10-20-23(4)12-15/h10,12-13H,5-9,11H2,1-4H3,(H,19,25). The average Bonchev–Trinajstić information content (AvgIpc) is 3.20. The SMILES string of the molecule is Cc1nc(-c2cnn(C)c2)sc1C(=O)NCC(C)CN1CCN(C)CC1. The molecule has 142 valence electrons. The van der Waals surface area contributed by atoms with Crippen LogP contribution < -0.4 is 5.32 Å². The molecule has 1 fully saturated rings. The number of likely N-dealkylation sites (N-methyl/N-ethyl adjacent to an activating group) is 1. The van der Waals surface area contributed by atoms with Gasteiger partial charge in [0.1, 0.15) is 9.88 Å². The van der Waals surface area contributed by atoms with Crippen LogP contribution in [0.1, 0.15) is 22.3 Å². The zero-order chi connectivity index (χ0) is 18.7. The molecule has 0 spiro atoms. The van der Waals surface area contributed by atoms with Crippen LogP contribution in [0.4, 0.5) is 0 Å². The zero-order valence-corrected chi connectivity index (χ0v) is 16.8. The van der Waals surface area contributed by atoms with Gasteiger partial charge in [-0.2, -0.15) is 5.10 Å². The molecule has 3 rings (SSSR count). The molecule has 1 aliphatic rings. The van der Waals surface area contributed by atoms with Crippen molar-refractivity contribution in [2.24, 2.45) is 13.0 Å². The second kappa shape index (κ2) is 8.28. The third kappa shape index (κ3) is 4.69. The van der Waals surface area contributed by atoms with Gasteiger partial charge in [-0.1, -0.05) is 6.92 Å². The van der Waals surface area contributed by atoms with Gasteiger partial charge in [0.05, 0.1) is 11.9 Å². The van der Waals surface area contributed by atoms with Crippen molar-refractivity contribution in [3.05, 3.63) is 23.0 Å². The van der Waals surface area contributed by atoms with E-state index in [1.165, 1.54) is 11.3 Å². The van der Waals surface area contributed by atoms with E-state index in [9.17, 15) is 4.79 Å². The number of aryl methyl sites for hydroxylation is 2. The lowest BCUT2D eigenvalue weighted by molar-refractivity contribution is 0.0940. The minimum absolute atomic E-state index is 0.0274. The fraction of sp³-hybridized carbons (Fsp3) is 0.611. The summed E-state index contributed by atoms with van der Waals surface area (Å²) in [5.74, 6) is 0.397. The highest BCUT2D eigenvalue weighted by Gasteiger charge is 2.19. The molecule has 0 aromatic carbocycles. The zero-order valence-electron chi connectivity index (χ0n) is 16.0. The molecule has 3 heterocycles. The fourth-order valence-electron chi connectivity index (χ4n) is 3.15. The van der Waals surface area contributed by atoms with E-state index >= 15 is 0 Å². The van der Waals surface area contributed by atoms with E-state index in [4.69, 9.17) is 0 Å². The van der Waals surface area contributed by atoms with E-state index in [2.05, 4.69) is 39.2 Å². The number of rotatable bonds is 6. The van der Waals surface area contributed by atoms with Crippen molar-refractivity contribution in [1.29, 1.82) is 0 Å². The van der Waals surface area contributed by atoms with Crippen LogP contribution >= 0.6 is 11.3 Å². The lowest BCUT2D eigenvalue weighted by Gasteiger charge is -2.33. The molecule has 0 saturated carbocycles. The van der Waals surface area contributed by atoms with Gasteiger partial charge in [-0.3, -0.25) is 9.48 Å². The quantitative estimate of drug-likeness (QED) is 0.827. The van der Waals surface area contributed by atoms with E-state index in [1.54, 1.807) is 10.9 Å². The molecular formula is C18H28N6OS. The number of thiazole rings is 1. The van der Waals surface area contributed by atoms with E-state index in [-0.39, 0.29) is 5.91 Å². The second-order valence-corrected chi connectivity index (χ2v) is 8.25. The molecule has 1 unspecified atom stereocenters. The highest BCUT2D eigenvalue weighted by molar-refractivity contribution is 7.17. The minimum Gasteiger partial charge on any atom is -0.351 e. The van der Waals surface area contributed by atoms with Gasteiger partial charge in [-0.25, -0.2) is 4.98 Å². The molecule has 1 atom stereocenters. The maximum atomic E-state index is 12.6. The van der Waals surface area contributed by atoms with Gasteiger partial charge < -0.3 is 15.1 Å². The normalized spacial score (nSPS) is 17.4. The van der Waals surface area contributed by atoms with Gasteiger partial charge in [0, 0.05) is 58.1 Å². The number of amides is 1. The summed E-state index contributed by atoms with van der Waals surface area (Å²) < 4.78 is 1.74. The van der Waals surface area contributed by atoms with Crippen LogP contribution in [0.5, 0.6) is 0 Å². The van der Waals surface area contributed by atoms with Crippen LogP contribution in [-0.4, -0.2) is 76.8 Å². The summed E-state index contributed by atoms with van der Waals surface area (Å²) in [5, 5.41) is 8.09. The molecular weight excluding hydrogens is 348 g/mol. The Hall–Kier alpha value is -1.77. The van der Waals surface area contributed by atoms with Gasteiger partial charge in [0.2, 0.25) is 0 Å². The van der Waals surface area contributed by atoms with Crippen LogP contribution in [0.25, 0.3) is 10.6 Å². The third-order valence-electron chi connectivity index (χ3n) is 4.73. The predicted octanol–water partition coefficient (Wildman–Crippen LogP) is 1.47. The molecule has 2 aromatic heterocycles. The lowest BCUT2D eigenvalue weighted by Crippen LogP contribution is -2.46. The number of hydrogen-bond acceptors (Lipinski definition) is 6. The minimum atomic E-state index is -0.0274. The highest BCUT2D eigenvalue weighted by Crippen LogP contribution is 2.27. The van der Waals surface area contributed by atoms with E-state index in [1.807, 2.05) is 20.2 Å². The topological polar surface area (TPSA) is 66.3 Å². The summed E-state index contributed by atoms with van der Waals surface area (Å²) in [7, 11) is 4.04. The number of nitrogens with one attached hydrogen (secondary N) is 1. The molecule has 0 radical (unpaired) electrons. The van der Waals surface area contributed by atoms with Crippen molar-refractivity contribution in [3.63, 3.8) is 0 Å². The van der Waals surface area contributed by atoms with Crippen molar-refractivity contribution >= 4 is 17.2 Å². The maximum absolute atomic E-state index is 12.6. The van der Waals surface area contributed by atoms with Crippen molar-refractivity contribution < 1.29 is 4.79 Å². The Morgan fingerprint density at radius 2 is 2.04 bits per heavy atom. The maximum Gasteiger partial charge on any atom is 0.263 e. The Bertz CT molecular complexity index is 747. The monoisotopic (exact) mass is 376 g/mol. The molecule has 1 saturated heterocycles. The van der Waals surface area contributed by atoms with Gasteiger partial charge in [0.15, 0.2) is 0 Å². The second-order valence-electron chi connectivity index (χ2n) is 7.26. The molecule has 1 amide bonds. The highest BCUT2D eigenvalue weighted by atomic mass is 32.1. The van der Waals surface area contributed by atoms with Crippen molar-refractivity contribution in [2.45, 2.75) is 13.8 Å². The van der Waals surface area contributed by atoms with Gasteiger partial charge in [0.25, 0.3) is 5.91 Å². The molecule has 0 aliphatic carbocycles. The first-order valence-corrected chi connectivity index (χ1v) is 9.89. The van der Waals surface area contributed by atoms with E-state index in [0.717, 1.165) is 49.0 Å². The van der Waals surface area contributed by atoms with Crippen molar-refractivity contribution in [1.82, 2.24) is 29.9 Å². The smallest absolute Gasteiger partial charge is 0.263 e. The van der Waals surface area contributed by atoms with Crippen molar-refractivity contribution in [2.75, 3.05) is 46.3 Å². The van der Waals surface area contributed by atoms with Crippen molar-refractivity contribution in [3.8, 4) is 10.6 Å². The Balaban J connectivity index is 1.52. The van der Waals surface area contributed by atoms with Crippen LogP contribution in [-0.2, 0) is 7.05 Å². The summed E-state index contributed by atoms with van der Waals surface area (Å²) >= 11 is 1.43. The van der Waals surface area contributed by atoms with Crippen LogP contribution in [0.3, 0.4) is 0 Å². The largest absolute Gasteiger partial charge is 0.351 e. The number of piperazine rings is 1. The number of carbonyl (C=O) groups is 1. The first-order chi connectivity index (χ1) is 12.4. The summed E-state index contributed by atoms with van der Waals surface area (Å²) in [6.45, 7) is 10.3. The first-order valence-electron chi connectivity index (χ1n) is 9.08. The summed E-state index contributed by atoms with van der Waals surface area (Å²) in [6.07, 6.45) is 3.69. The van der Waals surface area contributed by atoms with E-state index in [0.29, 0.717) is 17.3 Å². The van der Waals surface area contributed by atoms with E-state index < -0.39 is 0 Å². The predicted molar refractivity (Wildman–Crippen MR) is 104 cm³/mol. The number of hydrogen-bond donors (Lipinski definition) is 1. The van der Waals surface area contributed by atoms with Gasteiger partial charge in [-0.15, -0.1) is 11.3 Å². The molecule has 7 nitrogen and oxygen atoms in total. The number of carbonyl (C=O) groups excluding carboxylic acids is 1. The lowest BCUT2D eigenvalue weighted by atomic mass is 10.1. The molecule has 8 heteroatoms. The van der Waals surface area contributed by atoms with Crippen LogP contribution in [0, 0.1) is 12.8 Å². The molecule has 0 bridgehead atoms. The summed E-state index contributed by atoms with van der Waals surface area (Å²) in [6, 6.07) is 0. The summed E-state index contributed by atoms with van der Waals surface area (Å²) in [5.41, 5.74) is 1.72. The van der Waals surface area contributed by atoms with Gasteiger partial charge in [-0.05, 0) is 19.9 Å². The Morgan fingerprint density at radius 1 is 1.31 bits per heavy atom. The van der Waals surface area contributed by atoms with Crippen LogP contribution in [0.2, 0.25) is 0 Å². The van der Waals surface area contributed by atoms with Gasteiger partial charge >= 0.3 is 0 Å². The van der Waals surface area contributed by atoms with Crippen LogP contribution in [0.15, 0.2) is 12.4 Å². The third-order valence-corrected chi connectivity index (χ3v) is 5.94. The average molecular weight is 377 g/mol. The Labute approximate surface area is 159 Å². The number of aromatic nitrogens is 3. The number of nitrogens with zero attached hydrogens (tertiary/aromatic N) is 5. The molecule has 2 aromatic rings. The first kappa shape index (κ1) is 19.0. The Kier molecular flexibility index (Phi) is 6.05. The fourth-order valence-corrected chi connectivity index (χ4v) is 4.10. The molecule has 1 aliphatic heterocycles. The summed E-state index contributed by atoms with van der Waals surface area (Å²) in [4.78, 5) is 22.6.